The molecule has 0 saturated carbocycles. The Hall–Kier alpha value is -3.68. The molecule has 1 aliphatic heterocycles. The van der Waals surface area contributed by atoms with Gasteiger partial charge in [0, 0.05) is 29.1 Å². The fraction of sp³-hybridized carbons (Fsp3) is 0.324. The fourth-order valence-electron chi connectivity index (χ4n) is 5.18. The highest BCUT2D eigenvalue weighted by Gasteiger charge is 2.27. The molecule has 2 aromatic carbocycles. The Morgan fingerprint density at radius 1 is 1.05 bits per heavy atom. The Bertz CT molecular complexity index is 1690. The number of likely N-dealkylation sites (tertiary alicyclic amines) is 1. The summed E-state index contributed by atoms with van der Waals surface area (Å²) >= 11 is 7.49. The molecular formula is C34H36ClN3O3S. The molecule has 3 heterocycles. The van der Waals surface area contributed by atoms with Crippen molar-refractivity contribution >= 4 is 34.9 Å². The van der Waals surface area contributed by atoms with Gasteiger partial charge in [0.2, 0.25) is 0 Å². The molecule has 1 aliphatic rings. The number of aromatic nitrogens is 2. The van der Waals surface area contributed by atoms with E-state index in [9.17, 15) is 9.59 Å². The Morgan fingerprint density at radius 3 is 2.43 bits per heavy atom. The first kappa shape index (κ1) is 29.8. The first-order valence-corrected chi connectivity index (χ1v) is 15.6. The number of pyridine rings is 1. The number of thiazole rings is 1. The van der Waals surface area contributed by atoms with Crippen LogP contribution in [-0.4, -0.2) is 39.6 Å². The van der Waals surface area contributed by atoms with Crippen LogP contribution in [-0.2, 0) is 0 Å². The summed E-state index contributed by atoms with van der Waals surface area (Å²) in [6.07, 6.45) is 4.87. The predicted octanol–water partition coefficient (Wildman–Crippen LogP) is 8.43. The van der Waals surface area contributed by atoms with Gasteiger partial charge in [-0.2, -0.15) is 0 Å². The Morgan fingerprint density at radius 2 is 1.76 bits per heavy atom. The lowest BCUT2D eigenvalue weighted by atomic mass is 10.0. The minimum atomic E-state index is -0.256. The molecule has 0 N–H and O–H groups in total. The zero-order valence-corrected chi connectivity index (χ0v) is 26.3. The van der Waals surface area contributed by atoms with Crippen molar-refractivity contribution in [2.75, 3.05) is 13.1 Å². The number of nitrogens with zero attached hydrogens (tertiary/aromatic N) is 3. The second-order valence-corrected chi connectivity index (χ2v) is 12.5. The molecule has 0 atom stereocenters. The molecule has 0 aliphatic carbocycles. The number of benzene rings is 2. The number of rotatable bonds is 7. The third-order valence-electron chi connectivity index (χ3n) is 7.13. The van der Waals surface area contributed by atoms with Gasteiger partial charge < -0.3 is 9.64 Å². The van der Waals surface area contributed by atoms with Gasteiger partial charge in [0.05, 0.1) is 34.3 Å². The van der Waals surface area contributed by atoms with Crippen LogP contribution < -0.4 is 10.3 Å². The Kier molecular flexibility index (Phi) is 8.99. The lowest BCUT2D eigenvalue weighted by Gasteiger charge is -2.28. The van der Waals surface area contributed by atoms with E-state index in [-0.39, 0.29) is 17.6 Å². The van der Waals surface area contributed by atoms with Crippen LogP contribution in [0.25, 0.3) is 33.6 Å². The number of piperidine rings is 1. The number of hydrogen-bond acceptors (Lipinski definition) is 5. The van der Waals surface area contributed by atoms with Gasteiger partial charge in [0.25, 0.3) is 11.5 Å². The molecule has 0 bridgehead atoms. The molecule has 0 spiro atoms. The first-order chi connectivity index (χ1) is 20.1. The van der Waals surface area contributed by atoms with E-state index in [1.54, 1.807) is 10.6 Å². The average Bonchev–Trinajstić information content (AvgIpc) is 3.44. The Balaban J connectivity index is 1.80. The monoisotopic (exact) mass is 601 g/mol. The number of halogens is 1. The third-order valence-corrected chi connectivity index (χ3v) is 8.26. The van der Waals surface area contributed by atoms with Gasteiger partial charge in [0.15, 0.2) is 0 Å². The molecule has 1 fully saturated rings. The normalized spacial score (nSPS) is 13.4. The van der Waals surface area contributed by atoms with E-state index in [0.717, 1.165) is 41.7 Å². The SMILES string of the molecule is CC(C)=Cc1c(C(=O)N2CCCCC2)cc(-c2nc(-c3ccc(Cl)cc3)cs2)c(=O)n1-c1cc(C)ccc1OC(C)C. The van der Waals surface area contributed by atoms with E-state index < -0.39 is 0 Å². The number of allylic oxidation sites excluding steroid dienone is 1. The number of carbonyl (C=O) groups excluding carboxylic acids is 1. The molecule has 0 unspecified atom stereocenters. The lowest BCUT2D eigenvalue weighted by Crippen LogP contribution is -2.37. The summed E-state index contributed by atoms with van der Waals surface area (Å²) in [5, 5.41) is 3.12. The topological polar surface area (TPSA) is 64.4 Å². The summed E-state index contributed by atoms with van der Waals surface area (Å²) in [5.74, 6) is 0.501. The summed E-state index contributed by atoms with van der Waals surface area (Å²) in [5.41, 5.74) is 5.35. The van der Waals surface area contributed by atoms with Crippen LogP contribution in [0.2, 0.25) is 5.02 Å². The van der Waals surface area contributed by atoms with Crippen molar-refractivity contribution in [3.63, 3.8) is 0 Å². The molecule has 1 saturated heterocycles. The highest BCUT2D eigenvalue weighted by atomic mass is 35.5. The van der Waals surface area contributed by atoms with Crippen molar-refractivity contribution in [1.82, 2.24) is 14.5 Å². The maximum absolute atomic E-state index is 14.6. The second-order valence-electron chi connectivity index (χ2n) is 11.3. The van der Waals surface area contributed by atoms with Gasteiger partial charge in [-0.05, 0) is 95.9 Å². The van der Waals surface area contributed by atoms with Crippen molar-refractivity contribution in [2.24, 2.45) is 0 Å². The number of aryl methyl sites for hydroxylation is 1. The van der Waals surface area contributed by atoms with E-state index in [1.807, 2.05) is 93.4 Å². The maximum atomic E-state index is 14.6. The first-order valence-electron chi connectivity index (χ1n) is 14.4. The number of carbonyl (C=O) groups is 1. The molecule has 5 rings (SSSR count). The summed E-state index contributed by atoms with van der Waals surface area (Å²) in [4.78, 5) is 35.5. The quantitative estimate of drug-likeness (QED) is 0.213. The summed E-state index contributed by atoms with van der Waals surface area (Å²) in [7, 11) is 0. The molecule has 42 heavy (non-hydrogen) atoms. The average molecular weight is 602 g/mol. The van der Waals surface area contributed by atoms with Crippen LogP contribution in [0.5, 0.6) is 5.75 Å². The van der Waals surface area contributed by atoms with Crippen LogP contribution in [0.15, 0.2) is 64.3 Å². The molecule has 0 radical (unpaired) electrons. The highest BCUT2D eigenvalue weighted by Crippen LogP contribution is 2.33. The summed E-state index contributed by atoms with van der Waals surface area (Å²) < 4.78 is 7.85. The zero-order valence-electron chi connectivity index (χ0n) is 24.7. The molecular weight excluding hydrogens is 566 g/mol. The fourth-order valence-corrected chi connectivity index (χ4v) is 6.15. The minimum Gasteiger partial charge on any atom is -0.489 e. The Labute approximate surface area is 256 Å². The van der Waals surface area contributed by atoms with E-state index in [2.05, 4.69) is 0 Å². The summed E-state index contributed by atoms with van der Waals surface area (Å²) in [6, 6.07) is 15.0. The minimum absolute atomic E-state index is 0.0781. The lowest BCUT2D eigenvalue weighted by molar-refractivity contribution is 0.0723. The van der Waals surface area contributed by atoms with Crippen molar-refractivity contribution in [2.45, 2.75) is 60.0 Å². The van der Waals surface area contributed by atoms with Gasteiger partial charge in [0.1, 0.15) is 10.8 Å². The van der Waals surface area contributed by atoms with E-state index >= 15 is 0 Å². The molecule has 6 nitrogen and oxygen atoms in total. The van der Waals surface area contributed by atoms with Crippen LogP contribution in [0.4, 0.5) is 0 Å². The standard InChI is InChI=1S/C34H36ClN3O3S/c1-21(2)17-29-26(33(39)37-15-7-6-8-16-37)19-27(32-36-28(20-42-32)24-10-12-25(35)13-11-24)34(40)38(29)30-18-23(5)9-14-31(30)41-22(3)4/h9-14,17-20,22H,6-8,15-16H2,1-5H3. The predicted molar refractivity (Wildman–Crippen MR) is 173 cm³/mol. The molecule has 4 aromatic rings. The zero-order chi connectivity index (χ0) is 30.0. The highest BCUT2D eigenvalue weighted by molar-refractivity contribution is 7.13. The number of amides is 1. The second kappa shape index (κ2) is 12.7. The molecule has 218 valence electrons. The molecule has 8 heteroatoms. The van der Waals surface area contributed by atoms with Crippen LogP contribution >= 0.6 is 22.9 Å². The molecule has 1 amide bonds. The van der Waals surface area contributed by atoms with Crippen molar-refractivity contribution in [3.8, 4) is 33.3 Å². The van der Waals surface area contributed by atoms with E-state index in [1.165, 1.54) is 11.3 Å². The van der Waals surface area contributed by atoms with Gasteiger partial charge in [-0.1, -0.05) is 35.4 Å². The van der Waals surface area contributed by atoms with Gasteiger partial charge in [-0.15, -0.1) is 11.3 Å². The summed E-state index contributed by atoms with van der Waals surface area (Å²) in [6.45, 7) is 11.2. The van der Waals surface area contributed by atoms with Crippen molar-refractivity contribution < 1.29 is 9.53 Å². The number of ether oxygens (including phenoxy) is 1. The smallest absolute Gasteiger partial charge is 0.266 e. The maximum Gasteiger partial charge on any atom is 0.266 e. The van der Waals surface area contributed by atoms with Gasteiger partial charge >= 0.3 is 0 Å². The van der Waals surface area contributed by atoms with Crippen molar-refractivity contribution in [3.05, 3.63) is 91.7 Å². The van der Waals surface area contributed by atoms with Crippen molar-refractivity contribution in [1.29, 1.82) is 0 Å². The molecule has 2 aromatic heterocycles. The third kappa shape index (κ3) is 6.37. The van der Waals surface area contributed by atoms with Crippen LogP contribution in [0.3, 0.4) is 0 Å². The van der Waals surface area contributed by atoms with Gasteiger partial charge in [-0.3, -0.25) is 14.2 Å². The van der Waals surface area contributed by atoms with E-state index in [4.69, 9.17) is 21.3 Å². The number of hydrogen-bond donors (Lipinski definition) is 0. The largest absolute Gasteiger partial charge is 0.489 e. The van der Waals surface area contributed by atoms with Crippen LogP contribution in [0, 0.1) is 6.92 Å². The van der Waals surface area contributed by atoms with Crippen LogP contribution in [0.1, 0.15) is 68.6 Å². The van der Waals surface area contributed by atoms with E-state index in [0.29, 0.717) is 51.4 Å². The van der Waals surface area contributed by atoms with Gasteiger partial charge in [-0.25, -0.2) is 4.98 Å².